The molecule has 0 saturated carbocycles. The molecule has 0 unspecified atom stereocenters. The average molecular weight is 370 g/mol. The van der Waals surface area contributed by atoms with Gasteiger partial charge in [-0.3, -0.25) is 4.98 Å². The lowest BCUT2D eigenvalue weighted by Gasteiger charge is -2.25. The Labute approximate surface area is 143 Å². The highest BCUT2D eigenvalue weighted by Crippen LogP contribution is 2.26. The second kappa shape index (κ2) is 6.89. The summed E-state index contributed by atoms with van der Waals surface area (Å²) in [7, 11) is 0. The van der Waals surface area contributed by atoms with Gasteiger partial charge in [-0.15, -0.1) is 0 Å². The first-order chi connectivity index (χ1) is 11.2. The van der Waals surface area contributed by atoms with Gasteiger partial charge < -0.3 is 9.67 Å². The molecule has 1 atom stereocenters. The van der Waals surface area contributed by atoms with Crippen LogP contribution in [-0.4, -0.2) is 19.6 Å². The molecule has 3 rings (SSSR count). The van der Waals surface area contributed by atoms with Crippen molar-refractivity contribution in [2.45, 2.75) is 12.1 Å². The highest BCUT2D eigenvalue weighted by molar-refractivity contribution is 9.10. The van der Waals surface area contributed by atoms with Crippen LogP contribution in [0.15, 0.2) is 78.1 Å². The summed E-state index contributed by atoms with van der Waals surface area (Å²) in [5.41, 5.74) is 0.588. The van der Waals surface area contributed by atoms with Crippen LogP contribution in [0.2, 0.25) is 0 Å². The van der Waals surface area contributed by atoms with Gasteiger partial charge in [0.1, 0.15) is 5.60 Å². The first-order valence-corrected chi connectivity index (χ1v) is 7.98. The Kier molecular flexibility index (Phi) is 4.69. The summed E-state index contributed by atoms with van der Waals surface area (Å²) in [6.07, 6.45) is 12.3. The Hall–Kier alpha value is -2.24. The van der Waals surface area contributed by atoms with Crippen molar-refractivity contribution < 1.29 is 5.11 Å². The highest BCUT2D eigenvalue weighted by Gasteiger charge is 2.27. The topological polar surface area (TPSA) is 50.9 Å². The molecule has 0 bridgehead atoms. The van der Waals surface area contributed by atoms with Crippen molar-refractivity contribution in [3.63, 3.8) is 0 Å². The summed E-state index contributed by atoms with van der Waals surface area (Å²) in [5.74, 6) is 0. The Balaban J connectivity index is 1.93. The number of rotatable bonds is 5. The number of imidazole rings is 1. The number of pyridine rings is 1. The lowest BCUT2D eigenvalue weighted by molar-refractivity contribution is 0.0701. The van der Waals surface area contributed by atoms with Gasteiger partial charge in [-0.25, -0.2) is 4.98 Å². The van der Waals surface area contributed by atoms with Crippen molar-refractivity contribution in [2.24, 2.45) is 0 Å². The van der Waals surface area contributed by atoms with E-state index in [1.54, 1.807) is 31.0 Å². The van der Waals surface area contributed by atoms with E-state index >= 15 is 0 Å². The molecule has 3 aromatic rings. The number of aromatic nitrogens is 3. The van der Waals surface area contributed by atoms with Crippen LogP contribution in [0.1, 0.15) is 11.1 Å². The first-order valence-electron chi connectivity index (χ1n) is 7.19. The van der Waals surface area contributed by atoms with Crippen molar-refractivity contribution in [2.75, 3.05) is 0 Å². The van der Waals surface area contributed by atoms with Crippen LogP contribution in [0.3, 0.4) is 0 Å². The molecule has 0 aliphatic carbocycles. The Morgan fingerprint density at radius 2 is 1.96 bits per heavy atom. The maximum atomic E-state index is 11.2. The number of halogens is 1. The summed E-state index contributed by atoms with van der Waals surface area (Å²) in [5, 5.41) is 11.2. The van der Waals surface area contributed by atoms with E-state index in [1.807, 2.05) is 53.2 Å². The Morgan fingerprint density at radius 3 is 2.61 bits per heavy atom. The summed E-state index contributed by atoms with van der Waals surface area (Å²) in [6.45, 7) is 0.367. The molecule has 0 saturated heterocycles. The number of hydrogen-bond acceptors (Lipinski definition) is 3. The standard InChI is InChI=1S/C18H16BrN3O/c19-17-5-3-15(4-6-17)7-8-18(23,13-22-11-10-21-14-22)16-2-1-9-20-12-16/h1-12,14,23H,13H2/b8-7-/t18-/m0/s1. The van der Waals surface area contributed by atoms with Gasteiger partial charge in [0, 0.05) is 34.8 Å². The second-order valence-electron chi connectivity index (χ2n) is 5.29. The molecule has 0 spiro atoms. The smallest absolute Gasteiger partial charge is 0.127 e. The van der Waals surface area contributed by atoms with E-state index in [1.165, 1.54) is 0 Å². The lowest BCUT2D eigenvalue weighted by atomic mass is 9.93. The molecule has 0 amide bonds. The molecule has 0 fully saturated rings. The van der Waals surface area contributed by atoms with Crippen LogP contribution in [0, 0.1) is 0 Å². The van der Waals surface area contributed by atoms with Crippen molar-refractivity contribution in [1.82, 2.24) is 14.5 Å². The van der Waals surface area contributed by atoms with Gasteiger partial charge in [-0.1, -0.05) is 40.2 Å². The molecule has 5 heteroatoms. The third-order valence-electron chi connectivity index (χ3n) is 3.57. The quantitative estimate of drug-likeness (QED) is 0.746. The van der Waals surface area contributed by atoms with Gasteiger partial charge in [-0.2, -0.15) is 0 Å². The zero-order valence-corrected chi connectivity index (χ0v) is 14.0. The number of aliphatic hydroxyl groups is 1. The van der Waals surface area contributed by atoms with Gasteiger partial charge in [0.05, 0.1) is 12.9 Å². The summed E-state index contributed by atoms with van der Waals surface area (Å²) in [6, 6.07) is 11.6. The van der Waals surface area contributed by atoms with Gasteiger partial charge >= 0.3 is 0 Å². The van der Waals surface area contributed by atoms with Crippen LogP contribution < -0.4 is 0 Å². The van der Waals surface area contributed by atoms with Crippen LogP contribution in [0.25, 0.3) is 6.08 Å². The van der Waals surface area contributed by atoms with Gasteiger partial charge in [0.15, 0.2) is 0 Å². The molecular formula is C18H16BrN3O. The van der Waals surface area contributed by atoms with Crippen LogP contribution in [0.5, 0.6) is 0 Å². The third kappa shape index (κ3) is 3.94. The summed E-state index contributed by atoms with van der Waals surface area (Å²) < 4.78 is 2.87. The minimum absolute atomic E-state index is 0.367. The molecule has 0 radical (unpaired) electrons. The zero-order valence-electron chi connectivity index (χ0n) is 12.4. The molecule has 0 aliphatic rings. The predicted octanol–water partition coefficient (Wildman–Crippen LogP) is 3.64. The van der Waals surface area contributed by atoms with Crippen LogP contribution in [-0.2, 0) is 12.1 Å². The molecule has 1 aromatic carbocycles. The van der Waals surface area contributed by atoms with Gasteiger partial charge in [0.25, 0.3) is 0 Å². The zero-order chi connectivity index (χ0) is 16.1. The number of benzene rings is 1. The van der Waals surface area contributed by atoms with Gasteiger partial charge in [-0.05, 0) is 29.8 Å². The summed E-state index contributed by atoms with van der Waals surface area (Å²) >= 11 is 3.42. The minimum atomic E-state index is -1.16. The van der Waals surface area contributed by atoms with E-state index in [0.29, 0.717) is 6.54 Å². The van der Waals surface area contributed by atoms with Crippen molar-refractivity contribution >= 4 is 22.0 Å². The Bertz CT molecular complexity index is 770. The predicted molar refractivity (Wildman–Crippen MR) is 93.5 cm³/mol. The first kappa shape index (κ1) is 15.6. The summed E-state index contributed by atoms with van der Waals surface area (Å²) in [4.78, 5) is 8.16. The van der Waals surface area contributed by atoms with E-state index in [2.05, 4.69) is 25.9 Å². The van der Waals surface area contributed by atoms with E-state index < -0.39 is 5.60 Å². The highest BCUT2D eigenvalue weighted by atomic mass is 79.9. The maximum absolute atomic E-state index is 11.2. The minimum Gasteiger partial charge on any atom is -0.379 e. The molecule has 2 heterocycles. The number of nitrogens with zero attached hydrogens (tertiary/aromatic N) is 3. The van der Waals surface area contributed by atoms with Crippen LogP contribution >= 0.6 is 15.9 Å². The van der Waals surface area contributed by atoms with E-state index in [9.17, 15) is 5.11 Å². The Morgan fingerprint density at radius 1 is 1.13 bits per heavy atom. The van der Waals surface area contributed by atoms with Gasteiger partial charge in [0.2, 0.25) is 0 Å². The normalized spacial score (nSPS) is 14.0. The SMILES string of the molecule is O[C@@](/C=C\c1ccc(Br)cc1)(Cn1ccnc1)c1cccnc1. The molecule has 1 N–H and O–H groups in total. The average Bonchev–Trinajstić information content (AvgIpc) is 3.08. The third-order valence-corrected chi connectivity index (χ3v) is 4.09. The molecule has 4 nitrogen and oxygen atoms in total. The maximum Gasteiger partial charge on any atom is 0.127 e. The fourth-order valence-electron chi connectivity index (χ4n) is 2.33. The largest absolute Gasteiger partial charge is 0.379 e. The molecule has 2 aromatic heterocycles. The van der Waals surface area contributed by atoms with Crippen LogP contribution in [0.4, 0.5) is 0 Å². The van der Waals surface area contributed by atoms with E-state index in [4.69, 9.17) is 0 Å². The molecule has 23 heavy (non-hydrogen) atoms. The fourth-order valence-corrected chi connectivity index (χ4v) is 2.59. The van der Waals surface area contributed by atoms with E-state index in [-0.39, 0.29) is 0 Å². The monoisotopic (exact) mass is 369 g/mol. The number of hydrogen-bond donors (Lipinski definition) is 1. The van der Waals surface area contributed by atoms with Crippen molar-refractivity contribution in [3.05, 3.63) is 89.2 Å². The van der Waals surface area contributed by atoms with E-state index in [0.717, 1.165) is 15.6 Å². The second-order valence-corrected chi connectivity index (χ2v) is 6.20. The molecule has 116 valence electrons. The lowest BCUT2D eigenvalue weighted by Crippen LogP contribution is -2.28. The molecule has 0 aliphatic heterocycles. The van der Waals surface area contributed by atoms with Crippen molar-refractivity contribution in [1.29, 1.82) is 0 Å². The van der Waals surface area contributed by atoms with Crippen molar-refractivity contribution in [3.8, 4) is 0 Å². The molecular weight excluding hydrogens is 354 g/mol. The fraction of sp³-hybridized carbons (Fsp3) is 0.111.